The van der Waals surface area contributed by atoms with Crippen molar-refractivity contribution in [2.45, 2.75) is 97.1 Å². The van der Waals surface area contributed by atoms with Gasteiger partial charge in [0.25, 0.3) is 0 Å². The lowest BCUT2D eigenvalue weighted by molar-refractivity contribution is -0.156. The van der Waals surface area contributed by atoms with E-state index in [1.807, 2.05) is 32.6 Å². The maximum Gasteiger partial charge on any atom is 0.249 e. The molecular weight excluding hydrogens is 482 g/mol. The first kappa shape index (κ1) is 30.4. The molecule has 2 bridgehead atoms. The highest BCUT2D eigenvalue weighted by Crippen LogP contribution is 2.59. The number of aliphatic hydroxyl groups is 1. The first-order valence-electron chi connectivity index (χ1n) is 14.0. The van der Waals surface area contributed by atoms with Gasteiger partial charge in [-0.25, -0.2) is 0 Å². The molecule has 0 aromatic carbocycles. The molecule has 3 aliphatic rings. The van der Waals surface area contributed by atoms with Gasteiger partial charge in [0.05, 0.1) is 30.6 Å². The lowest BCUT2D eigenvalue weighted by Gasteiger charge is -2.46. The monoisotopic (exact) mass is 531 g/mol. The Morgan fingerprint density at radius 1 is 1.16 bits per heavy atom. The van der Waals surface area contributed by atoms with Crippen molar-refractivity contribution in [1.29, 1.82) is 0 Å². The van der Waals surface area contributed by atoms with E-state index in [0.29, 0.717) is 25.9 Å². The molecule has 1 spiro atoms. The van der Waals surface area contributed by atoms with Crippen molar-refractivity contribution in [2.24, 2.45) is 23.2 Å². The predicted molar refractivity (Wildman–Crippen MR) is 148 cm³/mol. The normalized spacial score (nSPS) is 29.4. The van der Waals surface area contributed by atoms with Crippen LogP contribution < -0.4 is 0 Å². The smallest absolute Gasteiger partial charge is 0.249 e. The summed E-state index contributed by atoms with van der Waals surface area (Å²) in [6, 6.07) is -1.50. The SMILES string of the molecule is C=CCN(C)C(=O)[C@@H]1[C@H]2C(=O)N([C@@H](CO)C(C)C)C(C(=O)N(CC=C)C(C)(C)CC(C)(C)C)C23CC[C@H]1O3. The minimum atomic E-state index is -1.10. The van der Waals surface area contributed by atoms with Crippen LogP contribution in [0.1, 0.15) is 67.7 Å². The summed E-state index contributed by atoms with van der Waals surface area (Å²) in [6.07, 6.45) is 4.83. The number of hydrogen-bond acceptors (Lipinski definition) is 5. The van der Waals surface area contributed by atoms with Crippen LogP contribution in [-0.2, 0) is 19.1 Å². The summed E-state index contributed by atoms with van der Waals surface area (Å²) < 4.78 is 6.61. The minimum Gasteiger partial charge on any atom is -0.394 e. The number of rotatable bonds is 11. The maximum absolute atomic E-state index is 14.7. The first-order valence-corrected chi connectivity index (χ1v) is 14.0. The summed E-state index contributed by atoms with van der Waals surface area (Å²) >= 11 is 0. The van der Waals surface area contributed by atoms with Gasteiger partial charge >= 0.3 is 0 Å². The fraction of sp³-hybridized carbons (Fsp3) is 0.767. The second-order valence-electron chi connectivity index (χ2n) is 13.6. The van der Waals surface area contributed by atoms with Crippen LogP contribution in [0, 0.1) is 23.2 Å². The van der Waals surface area contributed by atoms with Crippen molar-refractivity contribution in [3.8, 4) is 0 Å². The number of amides is 3. The van der Waals surface area contributed by atoms with Crippen molar-refractivity contribution < 1.29 is 24.2 Å². The summed E-state index contributed by atoms with van der Waals surface area (Å²) in [7, 11) is 1.70. The molecule has 6 atom stereocenters. The van der Waals surface area contributed by atoms with Crippen LogP contribution in [0.15, 0.2) is 25.3 Å². The van der Waals surface area contributed by atoms with E-state index in [9.17, 15) is 19.5 Å². The second kappa shape index (κ2) is 10.8. The van der Waals surface area contributed by atoms with E-state index in [-0.39, 0.29) is 35.7 Å². The molecular formula is C30H49N3O5. The van der Waals surface area contributed by atoms with Crippen molar-refractivity contribution in [2.75, 3.05) is 26.7 Å². The van der Waals surface area contributed by atoms with Gasteiger partial charge in [-0.05, 0) is 44.4 Å². The van der Waals surface area contributed by atoms with Gasteiger partial charge in [0.1, 0.15) is 11.6 Å². The third-order valence-electron chi connectivity index (χ3n) is 8.62. The Kier molecular flexibility index (Phi) is 8.60. The highest BCUT2D eigenvalue weighted by atomic mass is 16.5. The molecule has 1 N–H and O–H groups in total. The zero-order valence-electron chi connectivity index (χ0n) is 24.7. The standard InChI is InChI=1S/C30H49N3O5/c1-11-15-31(10)25(35)22-21-13-14-30(38-21)23(22)26(36)33(20(17-34)19(3)4)24(30)27(37)32(16-12-2)29(8,9)18-28(5,6)7/h11-12,19-24,34H,1-2,13-18H2,3-10H3/t20-,21+,22-,23-,24?,30?/m0/s1. The van der Waals surface area contributed by atoms with E-state index >= 15 is 0 Å². The number of hydrogen-bond donors (Lipinski definition) is 1. The van der Waals surface area contributed by atoms with Crippen molar-refractivity contribution in [1.82, 2.24) is 14.7 Å². The summed E-state index contributed by atoms with van der Waals surface area (Å²) in [4.78, 5) is 47.6. The number of carbonyl (C=O) groups is 3. The van der Waals surface area contributed by atoms with Crippen LogP contribution in [-0.4, -0.2) is 93.6 Å². The van der Waals surface area contributed by atoms with E-state index in [2.05, 4.69) is 33.9 Å². The third-order valence-corrected chi connectivity index (χ3v) is 8.62. The van der Waals surface area contributed by atoms with Gasteiger partial charge in [0.2, 0.25) is 17.7 Å². The van der Waals surface area contributed by atoms with E-state index in [4.69, 9.17) is 4.74 Å². The molecule has 0 aromatic heterocycles. The van der Waals surface area contributed by atoms with E-state index in [1.165, 1.54) is 0 Å². The molecule has 2 unspecified atom stereocenters. The van der Waals surface area contributed by atoms with Crippen molar-refractivity contribution in [3.05, 3.63) is 25.3 Å². The summed E-state index contributed by atoms with van der Waals surface area (Å²) in [5.74, 6) is -2.16. The Morgan fingerprint density at radius 3 is 2.26 bits per heavy atom. The average Bonchev–Trinajstić information content (AvgIpc) is 3.43. The first-order chi connectivity index (χ1) is 17.6. The van der Waals surface area contributed by atoms with Gasteiger partial charge in [-0.1, -0.05) is 46.8 Å². The Hall–Kier alpha value is -2.19. The molecule has 0 aromatic rings. The zero-order valence-corrected chi connectivity index (χ0v) is 24.7. The molecule has 3 rings (SSSR count). The lowest BCUT2D eigenvalue weighted by Crippen LogP contribution is -2.63. The Bertz CT molecular complexity index is 954. The summed E-state index contributed by atoms with van der Waals surface area (Å²) in [6.45, 7) is 22.4. The minimum absolute atomic E-state index is 0.0453. The van der Waals surface area contributed by atoms with Crippen LogP contribution in [0.3, 0.4) is 0 Å². The summed E-state index contributed by atoms with van der Waals surface area (Å²) in [5, 5.41) is 10.4. The highest BCUT2D eigenvalue weighted by Gasteiger charge is 2.75. The van der Waals surface area contributed by atoms with Crippen molar-refractivity contribution in [3.63, 3.8) is 0 Å². The average molecular weight is 532 g/mol. The second-order valence-corrected chi connectivity index (χ2v) is 13.6. The Balaban J connectivity index is 2.15. The molecule has 38 heavy (non-hydrogen) atoms. The van der Waals surface area contributed by atoms with Gasteiger partial charge < -0.3 is 24.5 Å². The molecule has 8 nitrogen and oxygen atoms in total. The number of fused-ring (bicyclic) bond motifs is 1. The van der Waals surface area contributed by atoms with E-state index < -0.39 is 41.2 Å². The number of nitrogens with zero attached hydrogens (tertiary/aromatic N) is 3. The van der Waals surface area contributed by atoms with Gasteiger partial charge in [-0.2, -0.15) is 0 Å². The van der Waals surface area contributed by atoms with E-state index in [1.54, 1.807) is 29.0 Å². The van der Waals surface area contributed by atoms with Gasteiger partial charge in [-0.3, -0.25) is 14.4 Å². The fourth-order valence-electron chi connectivity index (χ4n) is 7.47. The number of likely N-dealkylation sites (tertiary alicyclic amines) is 1. The van der Waals surface area contributed by atoms with Gasteiger partial charge in [-0.15, -0.1) is 13.2 Å². The molecule has 3 amide bonds. The molecule has 0 radical (unpaired) electrons. The maximum atomic E-state index is 14.7. The number of ether oxygens (including phenoxy) is 1. The van der Waals surface area contributed by atoms with Crippen LogP contribution in [0.2, 0.25) is 0 Å². The molecule has 3 fully saturated rings. The topological polar surface area (TPSA) is 90.4 Å². The van der Waals surface area contributed by atoms with Gasteiger partial charge in [0, 0.05) is 25.7 Å². The third kappa shape index (κ3) is 5.06. The number of aliphatic hydroxyl groups excluding tert-OH is 1. The molecule has 3 heterocycles. The van der Waals surface area contributed by atoms with E-state index in [0.717, 1.165) is 6.42 Å². The Labute approximate surface area is 229 Å². The molecule has 3 saturated heterocycles. The van der Waals surface area contributed by atoms with Crippen molar-refractivity contribution >= 4 is 17.7 Å². The summed E-state index contributed by atoms with van der Waals surface area (Å²) in [5.41, 5.74) is -1.68. The largest absolute Gasteiger partial charge is 0.394 e. The lowest BCUT2D eigenvalue weighted by atomic mass is 9.70. The number of carbonyl (C=O) groups excluding carboxylic acids is 3. The number of likely N-dealkylation sites (N-methyl/N-ethyl adjacent to an activating group) is 1. The van der Waals surface area contributed by atoms with Crippen LogP contribution in [0.25, 0.3) is 0 Å². The molecule has 3 aliphatic heterocycles. The Morgan fingerprint density at radius 2 is 1.76 bits per heavy atom. The molecule has 0 aliphatic carbocycles. The quantitative estimate of drug-likeness (QED) is 0.414. The predicted octanol–water partition coefficient (Wildman–Crippen LogP) is 3.25. The van der Waals surface area contributed by atoms with Crippen LogP contribution >= 0.6 is 0 Å². The van der Waals surface area contributed by atoms with Crippen LogP contribution in [0.5, 0.6) is 0 Å². The highest BCUT2D eigenvalue weighted by molar-refractivity contribution is 5.99. The van der Waals surface area contributed by atoms with Crippen LogP contribution in [0.4, 0.5) is 0 Å². The molecule has 8 heteroatoms. The van der Waals surface area contributed by atoms with Gasteiger partial charge in [0.15, 0.2) is 0 Å². The molecule has 0 saturated carbocycles. The molecule has 214 valence electrons. The zero-order chi connectivity index (χ0) is 28.8. The fourth-order valence-corrected chi connectivity index (χ4v) is 7.47.